The average molecular weight is 791 g/mol. The van der Waals surface area contributed by atoms with Crippen molar-refractivity contribution in [3.8, 4) is 0 Å². The lowest BCUT2D eigenvalue weighted by atomic mass is 9.94. The minimum Gasteiger partial charge on any atom is -0.481 e. The van der Waals surface area contributed by atoms with Crippen molar-refractivity contribution < 1.29 is 52.9 Å². The van der Waals surface area contributed by atoms with Crippen LogP contribution in [0.4, 0.5) is 0 Å². The highest BCUT2D eigenvalue weighted by atomic mass is 16.5. The average Bonchev–Trinajstić information content (AvgIpc) is 3.17. The lowest BCUT2D eigenvalue weighted by Crippen LogP contribution is -2.62. The van der Waals surface area contributed by atoms with Gasteiger partial charge in [-0.15, -0.1) is 0 Å². The Kier molecular flexibility index (Phi) is 22.0. The van der Waals surface area contributed by atoms with E-state index in [1.54, 1.807) is 65.0 Å². The van der Waals surface area contributed by atoms with Gasteiger partial charge in [0.05, 0.1) is 20.1 Å². The molecule has 0 aliphatic carbocycles. The Labute approximate surface area is 329 Å². The molecule has 0 aromatic heterocycles. The number of aliphatic carboxylic acids is 1. The second kappa shape index (κ2) is 25.2. The Hall–Kier alpha value is -5.06. The van der Waals surface area contributed by atoms with E-state index in [9.17, 15) is 43.5 Å². The maximum atomic E-state index is 14.1. The number of rotatable bonds is 25. The summed E-state index contributed by atoms with van der Waals surface area (Å²) >= 11 is 0. The maximum Gasteiger partial charge on any atom is 0.328 e. The number of carbonyl (C=O) groups is 8. The molecule has 56 heavy (non-hydrogen) atoms. The van der Waals surface area contributed by atoms with Crippen molar-refractivity contribution in [2.45, 2.75) is 123 Å². The highest BCUT2D eigenvalue weighted by molar-refractivity contribution is 5.97. The van der Waals surface area contributed by atoms with Crippen molar-refractivity contribution in [3.05, 3.63) is 35.9 Å². The van der Waals surface area contributed by atoms with E-state index < -0.39 is 96.0 Å². The van der Waals surface area contributed by atoms with E-state index in [1.807, 2.05) is 13.8 Å². The van der Waals surface area contributed by atoms with Crippen LogP contribution < -0.4 is 31.9 Å². The zero-order valence-corrected chi connectivity index (χ0v) is 34.1. The van der Waals surface area contributed by atoms with E-state index >= 15 is 0 Å². The van der Waals surface area contributed by atoms with Crippen molar-refractivity contribution in [3.63, 3.8) is 0 Å². The third-order valence-electron chi connectivity index (χ3n) is 9.52. The van der Waals surface area contributed by atoms with Crippen LogP contribution in [0.3, 0.4) is 0 Å². The van der Waals surface area contributed by atoms with E-state index in [0.29, 0.717) is 18.4 Å². The van der Waals surface area contributed by atoms with Gasteiger partial charge in [-0.05, 0) is 29.7 Å². The second-order valence-corrected chi connectivity index (χ2v) is 14.2. The highest BCUT2D eigenvalue weighted by Gasteiger charge is 2.36. The summed E-state index contributed by atoms with van der Waals surface area (Å²) in [5.41, 5.74) is 0.626. The van der Waals surface area contributed by atoms with Gasteiger partial charge in [-0.1, -0.05) is 91.6 Å². The van der Waals surface area contributed by atoms with Gasteiger partial charge < -0.3 is 46.5 Å². The van der Waals surface area contributed by atoms with Crippen LogP contribution in [0, 0.1) is 17.8 Å². The van der Waals surface area contributed by atoms with Crippen LogP contribution in [0.25, 0.3) is 0 Å². The van der Waals surface area contributed by atoms with Crippen molar-refractivity contribution in [1.82, 2.24) is 31.9 Å². The van der Waals surface area contributed by atoms with Gasteiger partial charge in [-0.3, -0.25) is 33.6 Å². The number of methoxy groups -OCH3 is 2. The van der Waals surface area contributed by atoms with Crippen LogP contribution in [-0.4, -0.2) is 110 Å². The number of hydrogen-bond donors (Lipinski definition) is 7. The van der Waals surface area contributed by atoms with E-state index in [0.717, 1.165) is 7.11 Å². The van der Waals surface area contributed by atoms with Gasteiger partial charge in [-0.25, -0.2) is 4.79 Å². The highest BCUT2D eigenvalue weighted by Crippen LogP contribution is 2.14. The third kappa shape index (κ3) is 16.4. The van der Waals surface area contributed by atoms with E-state index in [4.69, 9.17) is 9.47 Å². The predicted molar refractivity (Wildman–Crippen MR) is 207 cm³/mol. The van der Waals surface area contributed by atoms with Gasteiger partial charge in [0.25, 0.3) is 0 Å². The molecule has 0 saturated heterocycles. The Bertz CT molecular complexity index is 1470. The quantitative estimate of drug-likeness (QED) is 0.0688. The molecule has 0 aliphatic heterocycles. The predicted octanol–water partition coefficient (Wildman–Crippen LogP) is 0.980. The van der Waals surface area contributed by atoms with Crippen LogP contribution in [-0.2, 0) is 54.3 Å². The van der Waals surface area contributed by atoms with Gasteiger partial charge in [0, 0.05) is 20.0 Å². The third-order valence-corrected chi connectivity index (χ3v) is 9.52. The summed E-state index contributed by atoms with van der Waals surface area (Å²) in [7, 11) is 2.59. The van der Waals surface area contributed by atoms with Gasteiger partial charge >= 0.3 is 11.9 Å². The molecule has 0 radical (unpaired) electrons. The van der Waals surface area contributed by atoms with Gasteiger partial charge in [0.15, 0.2) is 0 Å². The minimum absolute atomic E-state index is 0.0436. The fraction of sp³-hybridized carbons (Fsp3) is 0.641. The molecular formula is C39H62N6O11. The number of ether oxygens (including phenoxy) is 2. The van der Waals surface area contributed by atoms with Crippen LogP contribution in [0.1, 0.15) is 86.1 Å². The number of carboxylic acids is 1. The Morgan fingerprint density at radius 2 is 1.09 bits per heavy atom. The van der Waals surface area contributed by atoms with Crippen LogP contribution in [0.2, 0.25) is 0 Å². The van der Waals surface area contributed by atoms with Crippen molar-refractivity contribution in [2.24, 2.45) is 17.8 Å². The van der Waals surface area contributed by atoms with E-state index in [1.165, 1.54) is 7.11 Å². The van der Waals surface area contributed by atoms with E-state index in [2.05, 4.69) is 31.9 Å². The molecule has 0 bridgehead atoms. The van der Waals surface area contributed by atoms with Crippen LogP contribution in [0.5, 0.6) is 0 Å². The molecule has 0 fully saturated rings. The van der Waals surface area contributed by atoms with Crippen LogP contribution >= 0.6 is 0 Å². The monoisotopic (exact) mass is 790 g/mol. The molecule has 0 aliphatic rings. The molecule has 7 N–H and O–H groups in total. The van der Waals surface area contributed by atoms with Crippen molar-refractivity contribution in [2.75, 3.05) is 20.8 Å². The second-order valence-electron chi connectivity index (χ2n) is 14.2. The van der Waals surface area contributed by atoms with Crippen molar-refractivity contribution in [1.29, 1.82) is 0 Å². The van der Waals surface area contributed by atoms with Crippen molar-refractivity contribution >= 4 is 47.4 Å². The summed E-state index contributed by atoms with van der Waals surface area (Å²) in [5, 5.41) is 25.3. The fourth-order valence-corrected chi connectivity index (χ4v) is 5.58. The SMILES string of the molecule is CCC(NC(=O)[C@H](CC(=O)O)NC(=O)[C@H](Cc1ccccc1)NC(=O)[C@@H](NC(=O)[C@@H](NC(=O)[C@@H](NC(=O)CCOC)C(C)CC)C(C)C)C(C)CC)C(=O)OC. The molecule has 3 unspecified atom stereocenters. The normalized spacial score (nSPS) is 15.3. The number of benzene rings is 1. The lowest BCUT2D eigenvalue weighted by molar-refractivity contribution is -0.146. The van der Waals surface area contributed by atoms with Crippen LogP contribution in [0.15, 0.2) is 30.3 Å². The zero-order valence-electron chi connectivity index (χ0n) is 34.1. The largest absolute Gasteiger partial charge is 0.481 e. The molecule has 8 atom stereocenters. The molecule has 1 rings (SSSR count). The smallest absolute Gasteiger partial charge is 0.328 e. The molecule has 6 amide bonds. The first-order valence-corrected chi connectivity index (χ1v) is 19.1. The zero-order chi connectivity index (χ0) is 42.5. The van der Waals surface area contributed by atoms with Gasteiger partial charge in [0.1, 0.15) is 36.3 Å². The molecule has 1 aromatic carbocycles. The van der Waals surface area contributed by atoms with E-state index in [-0.39, 0.29) is 37.7 Å². The summed E-state index contributed by atoms with van der Waals surface area (Å²) < 4.78 is 9.66. The summed E-state index contributed by atoms with van der Waals surface area (Å²) in [5.74, 6) is -7.54. The Morgan fingerprint density at radius 3 is 1.59 bits per heavy atom. The lowest BCUT2D eigenvalue weighted by Gasteiger charge is -2.31. The Balaban J connectivity index is 3.41. The maximum absolute atomic E-state index is 14.1. The molecule has 0 spiro atoms. The first-order chi connectivity index (χ1) is 26.4. The molecular weight excluding hydrogens is 728 g/mol. The molecule has 0 heterocycles. The molecule has 0 saturated carbocycles. The summed E-state index contributed by atoms with van der Waals surface area (Å²) in [4.78, 5) is 105. The standard InChI is InChI=1S/C39H62N6O11/c1-10-23(6)32(43-29(46)18-19-55-8)38(53)44-31(22(4)5)36(51)45-33(24(7)11-2)37(52)42-27(20-25-16-14-13-15-17-25)34(49)41-28(21-30(47)48)35(50)40-26(12-3)39(54)56-9/h13-17,22-24,26-28,31-33H,10-12,18-21H2,1-9H3,(H,40,50)(H,41,49)(H,42,52)(H,43,46)(H,44,53)(H,45,51)(H,47,48)/t23?,24?,26?,27-,28-,31-,32-,33-/m0/s1. The summed E-state index contributed by atoms with van der Waals surface area (Å²) in [6.07, 6.45) is 0.260. The number of carboxylic acid groups (broad SMARTS) is 1. The molecule has 17 heteroatoms. The minimum atomic E-state index is -1.63. The summed E-state index contributed by atoms with van der Waals surface area (Å²) in [6.45, 7) is 12.4. The number of esters is 1. The molecule has 314 valence electrons. The summed E-state index contributed by atoms with van der Waals surface area (Å²) in [6, 6.07) is 1.32. The first kappa shape index (κ1) is 49.0. The molecule has 1 aromatic rings. The first-order valence-electron chi connectivity index (χ1n) is 19.1. The molecule has 17 nitrogen and oxygen atoms in total. The van der Waals surface area contributed by atoms with Gasteiger partial charge in [-0.2, -0.15) is 0 Å². The number of nitrogens with one attached hydrogen (secondary N) is 6. The number of hydrogen-bond acceptors (Lipinski definition) is 10. The Morgan fingerprint density at radius 1 is 0.607 bits per heavy atom. The number of amides is 6. The topological polar surface area (TPSA) is 247 Å². The fourth-order valence-electron chi connectivity index (χ4n) is 5.58. The van der Waals surface area contributed by atoms with Gasteiger partial charge in [0.2, 0.25) is 35.4 Å². The number of carbonyl (C=O) groups excluding carboxylic acids is 7.